The van der Waals surface area contributed by atoms with Gasteiger partial charge >= 0.3 is 0 Å². The van der Waals surface area contributed by atoms with Crippen molar-refractivity contribution in [3.63, 3.8) is 0 Å². The molecule has 0 saturated heterocycles. The molecule has 1 aliphatic rings. The van der Waals surface area contributed by atoms with Crippen molar-refractivity contribution >= 4 is 5.84 Å². The van der Waals surface area contributed by atoms with Crippen molar-refractivity contribution in [2.75, 3.05) is 6.61 Å². The van der Waals surface area contributed by atoms with E-state index in [0.717, 1.165) is 29.0 Å². The topological polar surface area (TPSA) is 67.8 Å². The van der Waals surface area contributed by atoms with Crippen molar-refractivity contribution in [1.29, 1.82) is 0 Å². The predicted molar refractivity (Wildman–Crippen MR) is 71.3 cm³/mol. The molecule has 4 heteroatoms. The Hall–Kier alpha value is -1.71. The molecule has 0 atom stereocenters. The van der Waals surface area contributed by atoms with E-state index in [2.05, 4.69) is 5.16 Å². The van der Waals surface area contributed by atoms with E-state index in [1.54, 1.807) is 0 Å². The molecule has 1 fully saturated rings. The normalized spacial score (nSPS) is 16.4. The molecule has 1 aromatic rings. The number of oxime groups is 1. The van der Waals surface area contributed by atoms with Crippen LogP contribution in [0.3, 0.4) is 0 Å². The predicted octanol–water partition coefficient (Wildman–Crippen LogP) is 2.58. The Morgan fingerprint density at radius 2 is 2.00 bits per heavy atom. The van der Waals surface area contributed by atoms with Crippen molar-refractivity contribution < 1.29 is 9.94 Å². The lowest BCUT2D eigenvalue weighted by atomic mass is 9.86. The molecule has 0 aromatic heterocycles. The largest absolute Gasteiger partial charge is 0.493 e. The second kappa shape index (κ2) is 5.29. The minimum absolute atomic E-state index is 0.131. The number of nitrogens with zero attached hydrogens (tertiary/aromatic N) is 1. The third kappa shape index (κ3) is 2.58. The summed E-state index contributed by atoms with van der Waals surface area (Å²) in [6.45, 7) is 4.76. The van der Waals surface area contributed by atoms with E-state index < -0.39 is 0 Å². The van der Waals surface area contributed by atoms with Crippen molar-refractivity contribution in [3.05, 3.63) is 28.8 Å². The summed E-state index contributed by atoms with van der Waals surface area (Å²) in [5, 5.41) is 11.7. The molecular formula is C14H20N2O2. The van der Waals surface area contributed by atoms with E-state index in [1.807, 2.05) is 26.0 Å². The molecule has 0 heterocycles. The van der Waals surface area contributed by atoms with Crippen LogP contribution in [0.2, 0.25) is 0 Å². The molecule has 1 aromatic carbocycles. The molecule has 4 nitrogen and oxygen atoms in total. The molecule has 98 valence electrons. The molecule has 0 bridgehead atoms. The number of hydrogen-bond donors (Lipinski definition) is 2. The van der Waals surface area contributed by atoms with Crippen LogP contribution in [0.5, 0.6) is 5.75 Å². The zero-order valence-corrected chi connectivity index (χ0v) is 10.9. The molecular weight excluding hydrogens is 228 g/mol. The standard InChI is InChI=1S/C14H20N2O2/c1-9-6-12(14(15)16-17)7-10(2)13(9)18-8-11-4-3-5-11/h6-7,11,17H,3-5,8H2,1-2H3,(H2,15,16). The summed E-state index contributed by atoms with van der Waals surface area (Å²) < 4.78 is 5.90. The molecule has 18 heavy (non-hydrogen) atoms. The number of benzene rings is 1. The average Bonchev–Trinajstić information content (AvgIpc) is 2.29. The first-order valence-electron chi connectivity index (χ1n) is 6.33. The van der Waals surface area contributed by atoms with Crippen molar-refractivity contribution in [2.45, 2.75) is 33.1 Å². The van der Waals surface area contributed by atoms with E-state index >= 15 is 0 Å². The maximum atomic E-state index is 8.69. The van der Waals surface area contributed by atoms with Gasteiger partial charge in [-0.1, -0.05) is 11.6 Å². The zero-order valence-electron chi connectivity index (χ0n) is 10.9. The molecule has 0 amide bonds. The Labute approximate surface area is 107 Å². The fourth-order valence-electron chi connectivity index (χ4n) is 2.24. The van der Waals surface area contributed by atoms with Gasteiger partial charge in [0.2, 0.25) is 0 Å². The Kier molecular flexibility index (Phi) is 3.75. The fraction of sp³-hybridized carbons (Fsp3) is 0.500. The van der Waals surface area contributed by atoms with Crippen LogP contribution in [0, 0.1) is 19.8 Å². The van der Waals surface area contributed by atoms with Gasteiger partial charge in [0.1, 0.15) is 5.75 Å². The molecule has 3 N–H and O–H groups in total. The Bertz CT molecular complexity index is 442. The van der Waals surface area contributed by atoms with Gasteiger partial charge < -0.3 is 15.7 Å². The second-order valence-electron chi connectivity index (χ2n) is 5.03. The highest BCUT2D eigenvalue weighted by atomic mass is 16.5. The quantitative estimate of drug-likeness (QED) is 0.372. The zero-order chi connectivity index (χ0) is 13.1. The van der Waals surface area contributed by atoms with Crippen LogP contribution in [0.4, 0.5) is 0 Å². The maximum absolute atomic E-state index is 8.69. The minimum atomic E-state index is 0.131. The van der Waals surface area contributed by atoms with Crippen LogP contribution in [-0.2, 0) is 0 Å². The monoisotopic (exact) mass is 248 g/mol. The van der Waals surface area contributed by atoms with Crippen molar-refractivity contribution in [1.82, 2.24) is 0 Å². The number of rotatable bonds is 4. The molecule has 2 rings (SSSR count). The summed E-state index contributed by atoms with van der Waals surface area (Å²) in [4.78, 5) is 0. The summed E-state index contributed by atoms with van der Waals surface area (Å²) in [5.41, 5.74) is 8.37. The van der Waals surface area contributed by atoms with Crippen LogP contribution in [-0.4, -0.2) is 17.6 Å². The third-order valence-corrected chi connectivity index (χ3v) is 3.55. The first kappa shape index (κ1) is 12.7. The molecule has 0 unspecified atom stereocenters. The first-order chi connectivity index (χ1) is 8.61. The highest BCUT2D eigenvalue weighted by Crippen LogP contribution is 2.30. The van der Waals surface area contributed by atoms with Crippen molar-refractivity contribution in [2.24, 2.45) is 16.8 Å². The lowest BCUT2D eigenvalue weighted by Gasteiger charge is -2.26. The first-order valence-corrected chi connectivity index (χ1v) is 6.33. The maximum Gasteiger partial charge on any atom is 0.170 e. The van der Waals surface area contributed by atoms with E-state index in [9.17, 15) is 0 Å². The van der Waals surface area contributed by atoms with Gasteiger partial charge in [-0.15, -0.1) is 0 Å². The summed E-state index contributed by atoms with van der Waals surface area (Å²) in [6.07, 6.45) is 3.88. The molecule has 0 aliphatic heterocycles. The summed E-state index contributed by atoms with van der Waals surface area (Å²) in [6, 6.07) is 3.77. The Balaban J connectivity index is 2.15. The van der Waals surface area contributed by atoms with E-state index in [1.165, 1.54) is 19.3 Å². The average molecular weight is 248 g/mol. The molecule has 1 aliphatic carbocycles. The van der Waals surface area contributed by atoms with Gasteiger partial charge in [-0.3, -0.25) is 0 Å². The van der Waals surface area contributed by atoms with E-state index in [-0.39, 0.29) is 5.84 Å². The lowest BCUT2D eigenvalue weighted by Crippen LogP contribution is -2.20. The number of amidine groups is 1. The van der Waals surface area contributed by atoms with Gasteiger partial charge in [-0.2, -0.15) is 0 Å². The highest BCUT2D eigenvalue weighted by molar-refractivity contribution is 5.97. The minimum Gasteiger partial charge on any atom is -0.493 e. The van der Waals surface area contributed by atoms with Crippen LogP contribution in [0.25, 0.3) is 0 Å². The fourth-order valence-corrected chi connectivity index (χ4v) is 2.24. The van der Waals surface area contributed by atoms with Crippen LogP contribution in [0.1, 0.15) is 36.0 Å². The van der Waals surface area contributed by atoms with Gasteiger partial charge in [0.15, 0.2) is 5.84 Å². The van der Waals surface area contributed by atoms with Crippen LogP contribution >= 0.6 is 0 Å². The Morgan fingerprint density at radius 1 is 1.39 bits per heavy atom. The number of hydrogen-bond acceptors (Lipinski definition) is 3. The number of nitrogens with two attached hydrogens (primary N) is 1. The van der Waals surface area contributed by atoms with Gasteiger partial charge in [-0.05, 0) is 55.9 Å². The number of ether oxygens (including phenoxy) is 1. The molecule has 1 saturated carbocycles. The van der Waals surface area contributed by atoms with Crippen molar-refractivity contribution in [3.8, 4) is 5.75 Å². The second-order valence-corrected chi connectivity index (χ2v) is 5.03. The summed E-state index contributed by atoms with van der Waals surface area (Å²) in [5.74, 6) is 1.77. The van der Waals surface area contributed by atoms with Crippen LogP contribution in [0.15, 0.2) is 17.3 Å². The summed E-state index contributed by atoms with van der Waals surface area (Å²) >= 11 is 0. The molecule has 0 radical (unpaired) electrons. The van der Waals surface area contributed by atoms with Gasteiger partial charge in [0.05, 0.1) is 6.61 Å². The van der Waals surface area contributed by atoms with E-state index in [4.69, 9.17) is 15.7 Å². The smallest absolute Gasteiger partial charge is 0.170 e. The van der Waals surface area contributed by atoms with Gasteiger partial charge in [-0.25, -0.2) is 0 Å². The van der Waals surface area contributed by atoms with E-state index in [0.29, 0.717) is 5.92 Å². The summed E-state index contributed by atoms with van der Waals surface area (Å²) in [7, 11) is 0. The number of aryl methyl sites for hydroxylation is 2. The highest BCUT2D eigenvalue weighted by Gasteiger charge is 2.19. The van der Waals surface area contributed by atoms with Crippen LogP contribution < -0.4 is 10.5 Å². The molecule has 0 spiro atoms. The Morgan fingerprint density at radius 3 is 2.44 bits per heavy atom. The third-order valence-electron chi connectivity index (χ3n) is 3.55. The SMILES string of the molecule is Cc1cc(C(N)=NO)cc(C)c1OCC1CCC1. The van der Waals surface area contributed by atoms with Gasteiger partial charge in [0, 0.05) is 5.56 Å². The lowest BCUT2D eigenvalue weighted by molar-refractivity contribution is 0.179. The van der Waals surface area contributed by atoms with Gasteiger partial charge in [0.25, 0.3) is 0 Å².